The van der Waals surface area contributed by atoms with Crippen molar-refractivity contribution < 1.29 is 14.7 Å². The van der Waals surface area contributed by atoms with Crippen molar-refractivity contribution in [3.63, 3.8) is 0 Å². The number of aliphatic hydroxyl groups is 1. The van der Waals surface area contributed by atoms with Crippen LogP contribution in [-0.2, 0) is 17.9 Å². The lowest BCUT2D eigenvalue weighted by molar-refractivity contribution is -0.131. The Morgan fingerprint density at radius 1 is 1.24 bits per heavy atom. The Morgan fingerprint density at radius 2 is 1.97 bits per heavy atom. The first-order valence-electron chi connectivity index (χ1n) is 10.7. The highest BCUT2D eigenvalue weighted by Gasteiger charge is 2.43. The molecule has 1 fully saturated rings. The third kappa shape index (κ3) is 5.07. The van der Waals surface area contributed by atoms with E-state index in [0.717, 1.165) is 18.4 Å². The van der Waals surface area contributed by atoms with E-state index in [-0.39, 0.29) is 36.6 Å². The highest BCUT2D eigenvalue weighted by molar-refractivity contribution is 6.30. The van der Waals surface area contributed by atoms with Crippen LogP contribution < -0.4 is 10.9 Å². The Bertz CT molecular complexity index is 1250. The smallest absolute Gasteiger partial charge is 0.265 e. The summed E-state index contributed by atoms with van der Waals surface area (Å²) in [4.78, 5) is 44.8. The molecule has 2 amide bonds. The lowest BCUT2D eigenvalue weighted by Crippen LogP contribution is -2.40. The average molecular weight is 469 g/mol. The van der Waals surface area contributed by atoms with Crippen LogP contribution in [0.15, 0.2) is 53.5 Å². The fourth-order valence-corrected chi connectivity index (χ4v) is 3.91. The summed E-state index contributed by atoms with van der Waals surface area (Å²) >= 11 is 5.89. The summed E-state index contributed by atoms with van der Waals surface area (Å²) in [6, 6.07) is 12.0. The van der Waals surface area contributed by atoms with Crippen molar-refractivity contribution in [2.75, 3.05) is 20.2 Å². The molecule has 4 rings (SSSR count). The molecule has 33 heavy (non-hydrogen) atoms. The summed E-state index contributed by atoms with van der Waals surface area (Å²) in [7, 11) is 1.65. The maximum atomic E-state index is 13.2. The Kier molecular flexibility index (Phi) is 6.49. The summed E-state index contributed by atoms with van der Waals surface area (Å²) in [5, 5.41) is 13.5. The maximum Gasteiger partial charge on any atom is 0.265 e. The molecule has 1 aromatic carbocycles. The number of pyridine rings is 2. The zero-order valence-electron chi connectivity index (χ0n) is 18.3. The van der Waals surface area contributed by atoms with Crippen LogP contribution in [-0.4, -0.2) is 51.6 Å². The number of nitrogens with one attached hydrogen (secondary N) is 1. The van der Waals surface area contributed by atoms with E-state index in [2.05, 4.69) is 10.3 Å². The van der Waals surface area contributed by atoms with Crippen LogP contribution in [0.25, 0.3) is 11.0 Å². The summed E-state index contributed by atoms with van der Waals surface area (Å²) in [6.45, 7) is 0.427. The quantitative estimate of drug-likeness (QED) is 0.527. The molecule has 0 spiro atoms. The second-order valence-corrected chi connectivity index (χ2v) is 9.02. The van der Waals surface area contributed by atoms with E-state index < -0.39 is 11.5 Å². The highest BCUT2D eigenvalue weighted by Crippen LogP contribution is 2.45. The Labute approximate surface area is 195 Å². The summed E-state index contributed by atoms with van der Waals surface area (Å²) in [5.41, 5.74) is 0.292. The molecule has 8 nitrogen and oxygen atoms in total. The van der Waals surface area contributed by atoms with Crippen molar-refractivity contribution in [3.8, 4) is 0 Å². The van der Waals surface area contributed by atoms with Crippen molar-refractivity contribution in [1.29, 1.82) is 0 Å². The minimum Gasteiger partial charge on any atom is -0.396 e. The minimum atomic E-state index is -0.583. The SMILES string of the molecule is CN(CC1(CO)CC1)C(=O)Cn1c(=O)c(C(=O)NCc2ccc(Cl)cc2)cc2cccnc21. The van der Waals surface area contributed by atoms with Crippen LogP contribution in [0.5, 0.6) is 0 Å². The topological polar surface area (TPSA) is 105 Å². The number of nitrogens with zero attached hydrogens (tertiary/aromatic N) is 3. The molecule has 172 valence electrons. The third-order valence-electron chi connectivity index (χ3n) is 6.04. The molecule has 1 saturated carbocycles. The Balaban J connectivity index is 1.58. The van der Waals surface area contributed by atoms with Crippen LogP contribution in [0, 0.1) is 5.41 Å². The minimum absolute atomic E-state index is 0.0261. The number of aliphatic hydroxyl groups excluding tert-OH is 1. The highest BCUT2D eigenvalue weighted by atomic mass is 35.5. The number of halogens is 1. The third-order valence-corrected chi connectivity index (χ3v) is 6.30. The molecule has 1 aliphatic carbocycles. The molecule has 0 atom stereocenters. The second-order valence-electron chi connectivity index (χ2n) is 8.58. The molecule has 0 saturated heterocycles. The number of carbonyl (C=O) groups excluding carboxylic acids is 2. The number of hydrogen-bond acceptors (Lipinski definition) is 5. The van der Waals surface area contributed by atoms with E-state index in [0.29, 0.717) is 22.6 Å². The van der Waals surface area contributed by atoms with Gasteiger partial charge in [-0.1, -0.05) is 23.7 Å². The lowest BCUT2D eigenvalue weighted by atomic mass is 10.1. The molecule has 2 N–H and O–H groups in total. The number of carbonyl (C=O) groups is 2. The molecule has 0 radical (unpaired) electrons. The zero-order chi connectivity index (χ0) is 23.6. The van der Waals surface area contributed by atoms with Crippen LogP contribution >= 0.6 is 11.6 Å². The number of rotatable bonds is 8. The van der Waals surface area contributed by atoms with Crippen molar-refractivity contribution in [2.45, 2.75) is 25.9 Å². The van der Waals surface area contributed by atoms with Crippen LogP contribution in [0.2, 0.25) is 5.02 Å². The predicted molar refractivity (Wildman–Crippen MR) is 125 cm³/mol. The number of amides is 2. The number of likely N-dealkylation sites (N-methyl/N-ethyl adjacent to an activating group) is 1. The standard InChI is InChI=1S/C24H25ClN4O4/c1-28(14-24(15-30)8-9-24)20(31)13-29-21-17(3-2-10-26-21)11-19(23(29)33)22(32)27-12-16-4-6-18(25)7-5-16/h2-7,10-11,30H,8-9,12-15H2,1H3,(H,27,32). The first-order valence-corrected chi connectivity index (χ1v) is 11.1. The fraction of sp³-hybridized carbons (Fsp3) is 0.333. The van der Waals surface area contributed by atoms with Crippen molar-refractivity contribution >= 4 is 34.4 Å². The van der Waals surface area contributed by atoms with Gasteiger partial charge >= 0.3 is 0 Å². The fourth-order valence-electron chi connectivity index (χ4n) is 3.79. The Hall–Kier alpha value is -3.23. The van der Waals surface area contributed by atoms with E-state index in [1.54, 1.807) is 43.4 Å². The van der Waals surface area contributed by atoms with Crippen molar-refractivity contribution in [2.24, 2.45) is 5.41 Å². The van der Waals surface area contributed by atoms with E-state index in [9.17, 15) is 19.5 Å². The van der Waals surface area contributed by atoms with Crippen molar-refractivity contribution in [1.82, 2.24) is 19.8 Å². The number of fused-ring (bicyclic) bond motifs is 1. The van der Waals surface area contributed by atoms with E-state index in [1.165, 1.54) is 21.7 Å². The number of benzene rings is 1. The van der Waals surface area contributed by atoms with Crippen LogP contribution in [0.4, 0.5) is 0 Å². The molecule has 2 heterocycles. The molecule has 9 heteroatoms. The molecular formula is C24H25ClN4O4. The molecule has 0 bridgehead atoms. The van der Waals surface area contributed by atoms with Gasteiger partial charge in [0.15, 0.2) is 0 Å². The van der Waals surface area contributed by atoms with Gasteiger partial charge in [0.1, 0.15) is 17.8 Å². The summed E-state index contributed by atoms with van der Waals surface area (Å²) in [5.74, 6) is -0.824. The normalized spacial score (nSPS) is 14.2. The van der Waals surface area contributed by atoms with Crippen molar-refractivity contribution in [3.05, 3.63) is 75.2 Å². The van der Waals surface area contributed by atoms with Gasteiger partial charge in [0, 0.05) is 42.2 Å². The lowest BCUT2D eigenvalue weighted by Gasteiger charge is -2.23. The second kappa shape index (κ2) is 9.33. The van der Waals surface area contributed by atoms with Gasteiger partial charge in [-0.15, -0.1) is 0 Å². The van der Waals surface area contributed by atoms with E-state index >= 15 is 0 Å². The molecular weight excluding hydrogens is 444 g/mol. The summed E-state index contributed by atoms with van der Waals surface area (Å²) in [6.07, 6.45) is 3.28. The first-order chi connectivity index (χ1) is 15.8. The van der Waals surface area contributed by atoms with Crippen LogP contribution in [0.3, 0.4) is 0 Å². The molecule has 0 unspecified atom stereocenters. The molecule has 3 aromatic rings. The van der Waals surface area contributed by atoms with Gasteiger partial charge in [0.2, 0.25) is 5.91 Å². The van der Waals surface area contributed by atoms with Gasteiger partial charge in [-0.05, 0) is 48.7 Å². The van der Waals surface area contributed by atoms with E-state index in [4.69, 9.17) is 11.6 Å². The van der Waals surface area contributed by atoms with Crippen LogP contribution in [0.1, 0.15) is 28.8 Å². The monoisotopic (exact) mass is 468 g/mol. The largest absolute Gasteiger partial charge is 0.396 e. The molecule has 2 aromatic heterocycles. The van der Waals surface area contributed by atoms with Gasteiger partial charge < -0.3 is 15.3 Å². The maximum absolute atomic E-state index is 13.2. The molecule has 0 aliphatic heterocycles. The average Bonchev–Trinajstić information content (AvgIpc) is 3.59. The zero-order valence-corrected chi connectivity index (χ0v) is 19.0. The first kappa shape index (κ1) is 22.9. The predicted octanol–water partition coefficient (Wildman–Crippen LogP) is 2.21. The van der Waals surface area contributed by atoms with Gasteiger partial charge in [0.05, 0.1) is 6.61 Å². The van der Waals surface area contributed by atoms with Gasteiger partial charge in [-0.3, -0.25) is 19.0 Å². The van der Waals surface area contributed by atoms with E-state index in [1.807, 2.05) is 0 Å². The van der Waals surface area contributed by atoms with Gasteiger partial charge in [-0.25, -0.2) is 4.98 Å². The molecule has 1 aliphatic rings. The summed E-state index contributed by atoms with van der Waals surface area (Å²) < 4.78 is 1.24. The number of aromatic nitrogens is 2. The Morgan fingerprint density at radius 3 is 2.64 bits per heavy atom. The number of hydrogen-bond donors (Lipinski definition) is 2. The van der Waals surface area contributed by atoms with Gasteiger partial charge in [0.25, 0.3) is 11.5 Å². The van der Waals surface area contributed by atoms with Gasteiger partial charge in [-0.2, -0.15) is 0 Å².